The molecule has 2 aliphatic heterocycles. The van der Waals surface area contributed by atoms with Crippen molar-refractivity contribution in [3.05, 3.63) is 11.6 Å². The molecule has 2 N–H and O–H groups in total. The molecule has 8 atom stereocenters. The number of ether oxygens (including phenoxy) is 4. The molecule has 150 valence electrons. The maximum atomic E-state index is 11.6. The van der Waals surface area contributed by atoms with E-state index in [1.54, 1.807) is 13.0 Å². The summed E-state index contributed by atoms with van der Waals surface area (Å²) >= 11 is 0. The number of rotatable bonds is 3. The average molecular weight is 382 g/mol. The van der Waals surface area contributed by atoms with Crippen molar-refractivity contribution < 1.29 is 38.7 Å². The van der Waals surface area contributed by atoms with Crippen LogP contribution in [0.25, 0.3) is 0 Å². The molecule has 8 nitrogen and oxygen atoms in total. The lowest BCUT2D eigenvalue weighted by molar-refractivity contribution is -0.264. The molecule has 2 heterocycles. The number of aliphatic hydroxyl groups excluding tert-OH is 2. The third kappa shape index (κ3) is 2.24. The van der Waals surface area contributed by atoms with Crippen LogP contribution in [0, 0.1) is 10.8 Å². The average Bonchev–Trinajstić information content (AvgIpc) is 3.34. The van der Waals surface area contributed by atoms with Crippen LogP contribution in [0.2, 0.25) is 0 Å². The van der Waals surface area contributed by atoms with Gasteiger partial charge in [0.25, 0.3) is 0 Å². The smallest absolute Gasteiger partial charge is 0.302 e. The second kappa shape index (κ2) is 5.76. The van der Waals surface area contributed by atoms with E-state index in [2.05, 4.69) is 0 Å². The summed E-state index contributed by atoms with van der Waals surface area (Å²) in [6, 6.07) is 0. The van der Waals surface area contributed by atoms with Crippen molar-refractivity contribution in [3.8, 4) is 0 Å². The summed E-state index contributed by atoms with van der Waals surface area (Å²) in [6.07, 6.45) is -1.81. The molecule has 2 bridgehead atoms. The highest BCUT2D eigenvalue weighted by Crippen LogP contribution is 2.71. The van der Waals surface area contributed by atoms with Crippen LogP contribution in [0.4, 0.5) is 0 Å². The Morgan fingerprint density at radius 2 is 1.96 bits per heavy atom. The van der Waals surface area contributed by atoms with Crippen LogP contribution in [0.3, 0.4) is 0 Å². The number of epoxide rings is 1. The molecule has 1 unspecified atom stereocenters. The van der Waals surface area contributed by atoms with Gasteiger partial charge in [-0.3, -0.25) is 9.59 Å². The fraction of sp³-hybridized carbons (Fsp3) is 0.789. The standard InChI is InChI=1S/C19H26O8/c1-9-5-13-18(7-24-10(2)20,15(23)14(9)22)17(4)6-12(26-11(3)21)16(27-13)19(17)8-25-19/h5,12-16,22-23H,6-8H2,1-4H3/t12-,13+,14+,15+,16+,17+,18+,19?/m1/s1. The van der Waals surface area contributed by atoms with Gasteiger partial charge < -0.3 is 29.2 Å². The predicted molar refractivity (Wildman–Crippen MR) is 90.5 cm³/mol. The number of hydrogen-bond acceptors (Lipinski definition) is 8. The summed E-state index contributed by atoms with van der Waals surface area (Å²) in [4.78, 5) is 23.2. The van der Waals surface area contributed by atoms with Gasteiger partial charge >= 0.3 is 11.9 Å². The lowest BCUT2D eigenvalue weighted by Crippen LogP contribution is -2.71. The van der Waals surface area contributed by atoms with E-state index in [4.69, 9.17) is 18.9 Å². The van der Waals surface area contributed by atoms with E-state index in [1.807, 2.05) is 6.92 Å². The second-order valence-electron chi connectivity index (χ2n) is 8.46. The van der Waals surface area contributed by atoms with Crippen LogP contribution in [0.1, 0.15) is 34.1 Å². The first-order valence-electron chi connectivity index (χ1n) is 9.23. The number of fused-ring (bicyclic) bond motifs is 2. The zero-order valence-corrected chi connectivity index (χ0v) is 15.9. The summed E-state index contributed by atoms with van der Waals surface area (Å²) in [5.41, 5.74) is -2.02. The first-order valence-corrected chi connectivity index (χ1v) is 9.23. The minimum atomic E-state index is -1.23. The summed E-state index contributed by atoms with van der Waals surface area (Å²) in [5, 5.41) is 21.8. The summed E-state index contributed by atoms with van der Waals surface area (Å²) in [7, 11) is 0. The molecule has 1 saturated carbocycles. The minimum Gasteiger partial charge on any atom is -0.465 e. The number of hydrogen-bond donors (Lipinski definition) is 2. The second-order valence-corrected chi connectivity index (χ2v) is 8.46. The van der Waals surface area contributed by atoms with Crippen LogP contribution < -0.4 is 0 Å². The quantitative estimate of drug-likeness (QED) is 0.401. The molecule has 4 rings (SSSR count). The van der Waals surface area contributed by atoms with Crippen LogP contribution >= 0.6 is 0 Å². The molecule has 0 radical (unpaired) electrons. The number of aliphatic hydroxyl groups is 2. The fourth-order valence-corrected chi connectivity index (χ4v) is 5.65. The molecule has 2 saturated heterocycles. The molecule has 2 aliphatic carbocycles. The van der Waals surface area contributed by atoms with E-state index in [9.17, 15) is 19.8 Å². The third-order valence-corrected chi connectivity index (χ3v) is 7.16. The van der Waals surface area contributed by atoms with Gasteiger partial charge in [-0.2, -0.15) is 0 Å². The molecule has 1 spiro atoms. The Balaban J connectivity index is 1.85. The SMILES string of the molecule is CC(=O)OC[C@]12[C@H](C=C(C)[C@H](O)[C@@H]1O)O[C@H]1[C@H](OC(C)=O)C[C@]2(C)C12CO2. The molecular weight excluding hydrogens is 356 g/mol. The third-order valence-electron chi connectivity index (χ3n) is 7.16. The normalized spacial score (nSPS) is 50.0. The zero-order valence-electron chi connectivity index (χ0n) is 15.9. The predicted octanol–water partition coefficient (Wildman–Crippen LogP) is 0.0957. The van der Waals surface area contributed by atoms with Crippen molar-refractivity contribution in [1.82, 2.24) is 0 Å². The van der Waals surface area contributed by atoms with Gasteiger partial charge in [0.05, 0.1) is 24.2 Å². The van der Waals surface area contributed by atoms with Crippen LogP contribution in [0.5, 0.6) is 0 Å². The van der Waals surface area contributed by atoms with Gasteiger partial charge in [-0.1, -0.05) is 13.0 Å². The topological polar surface area (TPSA) is 115 Å². The van der Waals surface area contributed by atoms with Crippen molar-refractivity contribution in [1.29, 1.82) is 0 Å². The molecule has 0 aromatic heterocycles. The molecule has 4 aliphatic rings. The summed E-state index contributed by atoms with van der Waals surface area (Å²) in [5.74, 6) is -0.901. The Labute approximate surface area is 157 Å². The van der Waals surface area contributed by atoms with E-state index < -0.39 is 58.9 Å². The van der Waals surface area contributed by atoms with Gasteiger partial charge in [-0.05, 0) is 18.9 Å². The number of carbonyl (C=O) groups is 2. The Kier molecular flexibility index (Phi) is 4.03. The largest absolute Gasteiger partial charge is 0.465 e. The molecule has 0 aromatic rings. The number of carbonyl (C=O) groups excluding carboxylic acids is 2. The summed E-state index contributed by atoms with van der Waals surface area (Å²) in [6.45, 7) is 6.57. The molecule has 3 fully saturated rings. The lowest BCUT2D eigenvalue weighted by atomic mass is 9.50. The Hall–Kier alpha value is -1.48. The van der Waals surface area contributed by atoms with Gasteiger partial charge in [-0.15, -0.1) is 0 Å². The van der Waals surface area contributed by atoms with Gasteiger partial charge in [0.15, 0.2) is 0 Å². The highest BCUT2D eigenvalue weighted by atomic mass is 16.7. The first-order chi connectivity index (χ1) is 12.6. The molecule has 0 amide bonds. The van der Waals surface area contributed by atoms with Crippen LogP contribution in [-0.4, -0.2) is 71.5 Å². The monoisotopic (exact) mass is 382 g/mol. The van der Waals surface area contributed by atoms with Crippen molar-refractivity contribution in [2.45, 2.75) is 70.2 Å². The number of esters is 2. The molecular formula is C19H26O8. The van der Waals surface area contributed by atoms with Crippen molar-refractivity contribution in [2.24, 2.45) is 10.8 Å². The van der Waals surface area contributed by atoms with E-state index in [1.165, 1.54) is 13.8 Å². The molecule has 27 heavy (non-hydrogen) atoms. The van der Waals surface area contributed by atoms with E-state index in [0.717, 1.165) is 0 Å². The van der Waals surface area contributed by atoms with Crippen molar-refractivity contribution in [3.63, 3.8) is 0 Å². The Morgan fingerprint density at radius 1 is 1.30 bits per heavy atom. The highest BCUT2D eigenvalue weighted by Gasteiger charge is 2.84. The lowest BCUT2D eigenvalue weighted by Gasteiger charge is -2.59. The van der Waals surface area contributed by atoms with E-state index >= 15 is 0 Å². The van der Waals surface area contributed by atoms with E-state index in [0.29, 0.717) is 18.6 Å². The Morgan fingerprint density at radius 3 is 2.52 bits per heavy atom. The molecule has 0 aromatic carbocycles. The van der Waals surface area contributed by atoms with Crippen molar-refractivity contribution in [2.75, 3.05) is 13.2 Å². The molecule has 8 heteroatoms. The van der Waals surface area contributed by atoms with Crippen molar-refractivity contribution >= 4 is 11.9 Å². The maximum Gasteiger partial charge on any atom is 0.302 e. The fourth-order valence-electron chi connectivity index (χ4n) is 5.65. The first kappa shape index (κ1) is 18.9. The highest BCUT2D eigenvalue weighted by molar-refractivity contribution is 5.66. The zero-order chi connectivity index (χ0) is 19.8. The van der Waals surface area contributed by atoms with Crippen LogP contribution in [0.15, 0.2) is 11.6 Å². The van der Waals surface area contributed by atoms with E-state index in [-0.39, 0.29) is 6.61 Å². The Bertz CT molecular complexity index is 712. The summed E-state index contributed by atoms with van der Waals surface area (Å²) < 4.78 is 23.1. The maximum absolute atomic E-state index is 11.6. The minimum absolute atomic E-state index is 0.129. The van der Waals surface area contributed by atoms with Gasteiger partial charge in [0.1, 0.15) is 30.5 Å². The van der Waals surface area contributed by atoms with Crippen LogP contribution in [-0.2, 0) is 28.5 Å². The van der Waals surface area contributed by atoms with Gasteiger partial charge in [-0.25, -0.2) is 0 Å². The van der Waals surface area contributed by atoms with Gasteiger partial charge in [0, 0.05) is 19.3 Å². The van der Waals surface area contributed by atoms with Gasteiger partial charge in [0.2, 0.25) is 0 Å².